The zero-order valence-electron chi connectivity index (χ0n) is 8.61. The third kappa shape index (κ3) is 2.90. The maximum absolute atomic E-state index is 11.7. The molecular weight excluding hydrogens is 265 g/mol. The number of benzene rings is 1. The lowest BCUT2D eigenvalue weighted by atomic mass is 10.2. The topological polar surface area (TPSA) is 66.4 Å². The summed E-state index contributed by atoms with van der Waals surface area (Å²) in [6, 6.07) is 4.67. The molecule has 0 bridgehead atoms. The van der Waals surface area contributed by atoms with Crippen LogP contribution in [0.25, 0.3) is 0 Å². The van der Waals surface area contributed by atoms with E-state index in [9.17, 15) is 9.59 Å². The maximum atomic E-state index is 11.7. The molecule has 0 aromatic heterocycles. The monoisotopic (exact) mass is 273 g/mol. The second kappa shape index (κ2) is 4.55. The number of anilines is 1. The SMILES string of the molecule is O=C(O)[C@H]1C[C@H]1C(=O)Nc1cc(Cl)cc(Cl)c1. The van der Waals surface area contributed by atoms with Crippen LogP contribution >= 0.6 is 23.2 Å². The van der Waals surface area contributed by atoms with Crippen LogP contribution in [0.15, 0.2) is 18.2 Å². The van der Waals surface area contributed by atoms with Gasteiger partial charge in [-0.15, -0.1) is 0 Å². The van der Waals surface area contributed by atoms with Gasteiger partial charge in [0.15, 0.2) is 0 Å². The summed E-state index contributed by atoms with van der Waals surface area (Å²) in [6.07, 6.45) is 0.384. The predicted octanol–water partition coefficient (Wildman–Crippen LogP) is 2.65. The van der Waals surface area contributed by atoms with Gasteiger partial charge >= 0.3 is 5.97 Å². The van der Waals surface area contributed by atoms with Gasteiger partial charge in [0, 0.05) is 15.7 Å². The van der Waals surface area contributed by atoms with E-state index in [1.807, 2.05) is 0 Å². The van der Waals surface area contributed by atoms with E-state index < -0.39 is 17.8 Å². The smallest absolute Gasteiger partial charge is 0.307 e. The van der Waals surface area contributed by atoms with E-state index in [-0.39, 0.29) is 5.91 Å². The Bertz CT molecular complexity index is 469. The van der Waals surface area contributed by atoms with Gasteiger partial charge in [0.05, 0.1) is 11.8 Å². The minimum atomic E-state index is -0.936. The largest absolute Gasteiger partial charge is 0.481 e. The minimum absolute atomic E-state index is 0.310. The lowest BCUT2D eigenvalue weighted by Crippen LogP contribution is -2.16. The van der Waals surface area contributed by atoms with Crippen molar-refractivity contribution in [2.75, 3.05) is 5.32 Å². The fourth-order valence-electron chi connectivity index (χ4n) is 1.62. The van der Waals surface area contributed by atoms with Gasteiger partial charge in [0.2, 0.25) is 5.91 Å². The van der Waals surface area contributed by atoms with Gasteiger partial charge in [-0.05, 0) is 24.6 Å². The van der Waals surface area contributed by atoms with Crippen molar-refractivity contribution in [2.24, 2.45) is 11.8 Å². The number of carbonyl (C=O) groups is 2. The molecule has 4 nitrogen and oxygen atoms in total. The molecule has 6 heteroatoms. The standard InChI is InChI=1S/C11H9Cl2NO3/c12-5-1-6(13)3-7(2-5)14-10(15)8-4-9(8)11(16)17/h1-3,8-9H,4H2,(H,14,15)(H,16,17)/t8-,9+/m1/s1. The number of aliphatic carboxylic acids is 1. The first-order valence-electron chi connectivity index (χ1n) is 4.97. The Kier molecular flexibility index (Phi) is 3.26. The van der Waals surface area contributed by atoms with Crippen LogP contribution in [0.1, 0.15) is 6.42 Å². The third-order valence-electron chi connectivity index (χ3n) is 2.57. The first kappa shape index (κ1) is 12.2. The number of amides is 1. The number of carboxylic acid groups (broad SMARTS) is 1. The van der Waals surface area contributed by atoms with Crippen LogP contribution in [-0.2, 0) is 9.59 Å². The number of hydrogen-bond donors (Lipinski definition) is 2. The molecule has 0 spiro atoms. The molecule has 1 aromatic rings. The first-order chi connectivity index (χ1) is 7.97. The molecule has 2 rings (SSSR count). The van der Waals surface area contributed by atoms with Crippen LogP contribution in [0, 0.1) is 11.8 Å². The van der Waals surface area contributed by atoms with Crippen molar-refractivity contribution in [1.82, 2.24) is 0 Å². The highest BCUT2D eigenvalue weighted by Crippen LogP contribution is 2.39. The summed E-state index contributed by atoms with van der Waals surface area (Å²) in [6.45, 7) is 0. The predicted molar refractivity (Wildman–Crippen MR) is 64.3 cm³/mol. The number of carboxylic acids is 1. The van der Waals surface area contributed by atoms with Crippen LogP contribution < -0.4 is 5.32 Å². The van der Waals surface area contributed by atoms with Crippen LogP contribution in [0.4, 0.5) is 5.69 Å². The summed E-state index contributed by atoms with van der Waals surface area (Å²) < 4.78 is 0. The summed E-state index contributed by atoms with van der Waals surface area (Å²) in [5.74, 6) is -2.26. The zero-order valence-corrected chi connectivity index (χ0v) is 10.1. The Balaban J connectivity index is 2.02. The molecule has 0 saturated heterocycles. The number of carbonyl (C=O) groups excluding carboxylic acids is 1. The van der Waals surface area contributed by atoms with E-state index in [0.29, 0.717) is 22.2 Å². The van der Waals surface area contributed by atoms with Crippen LogP contribution in [0.2, 0.25) is 10.0 Å². The quantitative estimate of drug-likeness (QED) is 0.890. The molecule has 17 heavy (non-hydrogen) atoms. The Hall–Kier alpha value is -1.26. The third-order valence-corrected chi connectivity index (χ3v) is 3.01. The molecule has 1 aliphatic rings. The number of nitrogens with one attached hydrogen (secondary N) is 1. The van der Waals surface area contributed by atoms with Crippen molar-refractivity contribution in [3.05, 3.63) is 28.2 Å². The van der Waals surface area contributed by atoms with Crippen molar-refractivity contribution < 1.29 is 14.7 Å². The molecule has 2 N–H and O–H groups in total. The molecule has 1 aliphatic carbocycles. The van der Waals surface area contributed by atoms with E-state index in [0.717, 1.165) is 0 Å². The average Bonchev–Trinajstić information content (AvgIpc) is 2.94. The van der Waals surface area contributed by atoms with Crippen molar-refractivity contribution in [2.45, 2.75) is 6.42 Å². The molecule has 1 aromatic carbocycles. The summed E-state index contributed by atoms with van der Waals surface area (Å²) in [7, 11) is 0. The molecule has 90 valence electrons. The summed E-state index contributed by atoms with van der Waals surface area (Å²) >= 11 is 11.6. The molecule has 1 amide bonds. The van der Waals surface area contributed by atoms with Gasteiger partial charge in [0.1, 0.15) is 0 Å². The molecule has 2 atom stereocenters. The molecular formula is C11H9Cl2NO3. The maximum Gasteiger partial charge on any atom is 0.307 e. The highest BCUT2D eigenvalue weighted by atomic mass is 35.5. The van der Waals surface area contributed by atoms with E-state index in [1.54, 1.807) is 18.2 Å². The van der Waals surface area contributed by atoms with Crippen LogP contribution in [0.5, 0.6) is 0 Å². The van der Waals surface area contributed by atoms with E-state index in [4.69, 9.17) is 28.3 Å². The van der Waals surface area contributed by atoms with Crippen molar-refractivity contribution in [3.63, 3.8) is 0 Å². The van der Waals surface area contributed by atoms with Gasteiger partial charge in [-0.3, -0.25) is 9.59 Å². The van der Waals surface area contributed by atoms with Crippen LogP contribution in [-0.4, -0.2) is 17.0 Å². The van der Waals surface area contributed by atoms with Gasteiger partial charge in [-0.25, -0.2) is 0 Å². The Morgan fingerprint density at radius 2 is 1.76 bits per heavy atom. The number of rotatable bonds is 3. The lowest BCUT2D eigenvalue weighted by Gasteiger charge is -2.05. The minimum Gasteiger partial charge on any atom is -0.481 e. The van der Waals surface area contributed by atoms with Crippen molar-refractivity contribution >= 4 is 40.8 Å². The number of halogens is 2. The van der Waals surface area contributed by atoms with Gasteiger partial charge < -0.3 is 10.4 Å². The molecule has 0 radical (unpaired) electrons. The van der Waals surface area contributed by atoms with E-state index in [1.165, 1.54) is 0 Å². The summed E-state index contributed by atoms with van der Waals surface area (Å²) in [4.78, 5) is 22.3. The van der Waals surface area contributed by atoms with E-state index >= 15 is 0 Å². The van der Waals surface area contributed by atoms with Gasteiger partial charge in [-0.1, -0.05) is 23.2 Å². The molecule has 1 saturated carbocycles. The van der Waals surface area contributed by atoms with Gasteiger partial charge in [0.25, 0.3) is 0 Å². The molecule has 1 fully saturated rings. The van der Waals surface area contributed by atoms with Gasteiger partial charge in [-0.2, -0.15) is 0 Å². The highest BCUT2D eigenvalue weighted by Gasteiger charge is 2.48. The molecule has 0 aliphatic heterocycles. The van der Waals surface area contributed by atoms with E-state index in [2.05, 4.69) is 5.32 Å². The highest BCUT2D eigenvalue weighted by molar-refractivity contribution is 6.35. The Morgan fingerprint density at radius 3 is 2.24 bits per heavy atom. The second-order valence-corrected chi connectivity index (χ2v) is 4.81. The fourth-order valence-corrected chi connectivity index (χ4v) is 2.14. The summed E-state index contributed by atoms with van der Waals surface area (Å²) in [5, 5.41) is 12.1. The Morgan fingerprint density at radius 1 is 1.18 bits per heavy atom. The summed E-state index contributed by atoms with van der Waals surface area (Å²) in [5.41, 5.74) is 0.475. The fraction of sp³-hybridized carbons (Fsp3) is 0.273. The zero-order chi connectivity index (χ0) is 12.6. The first-order valence-corrected chi connectivity index (χ1v) is 5.72. The Labute approximate surface area is 108 Å². The molecule has 0 heterocycles. The van der Waals surface area contributed by atoms with Crippen molar-refractivity contribution in [3.8, 4) is 0 Å². The molecule has 0 unspecified atom stereocenters. The second-order valence-electron chi connectivity index (χ2n) is 3.93. The average molecular weight is 274 g/mol. The number of hydrogen-bond acceptors (Lipinski definition) is 2. The normalized spacial score (nSPS) is 22.0. The van der Waals surface area contributed by atoms with Crippen molar-refractivity contribution in [1.29, 1.82) is 0 Å². The van der Waals surface area contributed by atoms with Crippen LogP contribution in [0.3, 0.4) is 0 Å². The lowest BCUT2D eigenvalue weighted by molar-refractivity contribution is -0.139.